The van der Waals surface area contributed by atoms with Crippen LogP contribution in [0.15, 0.2) is 28.6 Å². The van der Waals surface area contributed by atoms with Crippen LogP contribution in [0.4, 0.5) is 0 Å². The van der Waals surface area contributed by atoms with Crippen LogP contribution in [0.25, 0.3) is 0 Å². The Balaban J connectivity index is 1.62. The summed E-state index contributed by atoms with van der Waals surface area (Å²) in [5.41, 5.74) is 3.50. The number of ether oxygens (including phenoxy) is 1. The van der Waals surface area contributed by atoms with Gasteiger partial charge in [0.25, 0.3) is 0 Å². The molecule has 1 aromatic carbocycles. The molecule has 0 unspecified atom stereocenters. The highest BCUT2D eigenvalue weighted by Crippen LogP contribution is 2.22. The SMILES string of the molecule is CN=C(NCCCOc1c(C)cccc1C)NCCc1csc(C)n1. The highest BCUT2D eigenvalue weighted by atomic mass is 32.1. The molecule has 0 amide bonds. The van der Waals surface area contributed by atoms with Gasteiger partial charge in [-0.05, 0) is 38.3 Å². The molecule has 136 valence electrons. The molecule has 0 spiro atoms. The number of hydrogen-bond donors (Lipinski definition) is 2. The summed E-state index contributed by atoms with van der Waals surface area (Å²) >= 11 is 1.69. The van der Waals surface area contributed by atoms with E-state index in [1.54, 1.807) is 18.4 Å². The Morgan fingerprint density at radius 2 is 1.88 bits per heavy atom. The van der Waals surface area contributed by atoms with Crippen LogP contribution >= 0.6 is 11.3 Å². The zero-order valence-corrected chi connectivity index (χ0v) is 16.4. The van der Waals surface area contributed by atoms with Gasteiger partial charge in [0.2, 0.25) is 0 Å². The fourth-order valence-corrected chi connectivity index (χ4v) is 3.18. The van der Waals surface area contributed by atoms with Crippen LogP contribution in [0, 0.1) is 20.8 Å². The maximum absolute atomic E-state index is 5.92. The first-order valence-electron chi connectivity index (χ1n) is 8.64. The Hall–Kier alpha value is -2.08. The standard InChI is InChI=1S/C19H28N4OS/c1-14-7-5-8-15(2)18(14)24-12-6-10-21-19(20-4)22-11-9-17-13-25-16(3)23-17/h5,7-8,13H,6,9-12H2,1-4H3,(H2,20,21,22). The molecule has 2 N–H and O–H groups in total. The Bertz CT molecular complexity index is 676. The summed E-state index contributed by atoms with van der Waals surface area (Å²) in [5.74, 6) is 1.82. The number of hydrogen-bond acceptors (Lipinski definition) is 4. The molecule has 0 saturated carbocycles. The predicted molar refractivity (Wildman–Crippen MR) is 106 cm³/mol. The lowest BCUT2D eigenvalue weighted by molar-refractivity contribution is 0.307. The van der Waals surface area contributed by atoms with Crippen molar-refractivity contribution in [1.82, 2.24) is 15.6 Å². The maximum Gasteiger partial charge on any atom is 0.190 e. The van der Waals surface area contributed by atoms with Crippen LogP contribution in [-0.4, -0.2) is 37.7 Å². The van der Waals surface area contributed by atoms with Gasteiger partial charge in [-0.2, -0.15) is 0 Å². The van der Waals surface area contributed by atoms with Gasteiger partial charge in [-0.3, -0.25) is 4.99 Å². The van der Waals surface area contributed by atoms with Crippen LogP contribution in [-0.2, 0) is 6.42 Å². The van der Waals surface area contributed by atoms with Gasteiger partial charge in [0, 0.05) is 31.9 Å². The van der Waals surface area contributed by atoms with Gasteiger partial charge < -0.3 is 15.4 Å². The molecule has 0 atom stereocenters. The lowest BCUT2D eigenvalue weighted by atomic mass is 10.1. The number of aromatic nitrogens is 1. The monoisotopic (exact) mass is 360 g/mol. The minimum atomic E-state index is 0.688. The largest absolute Gasteiger partial charge is 0.493 e. The van der Waals surface area contributed by atoms with Crippen LogP contribution in [0.3, 0.4) is 0 Å². The van der Waals surface area contributed by atoms with Crippen molar-refractivity contribution in [1.29, 1.82) is 0 Å². The third-order valence-electron chi connectivity index (χ3n) is 3.83. The molecule has 1 heterocycles. The van der Waals surface area contributed by atoms with Crippen molar-refractivity contribution in [2.24, 2.45) is 4.99 Å². The number of nitrogens with zero attached hydrogens (tertiary/aromatic N) is 2. The number of rotatable bonds is 8. The summed E-state index contributed by atoms with van der Waals surface area (Å²) < 4.78 is 5.92. The Morgan fingerprint density at radius 3 is 2.52 bits per heavy atom. The highest BCUT2D eigenvalue weighted by Gasteiger charge is 2.03. The van der Waals surface area contributed by atoms with Gasteiger partial charge in [-0.15, -0.1) is 11.3 Å². The van der Waals surface area contributed by atoms with Crippen molar-refractivity contribution in [2.45, 2.75) is 33.6 Å². The Kier molecular flexibility index (Phi) is 7.73. The molecule has 0 bridgehead atoms. The molecular formula is C19H28N4OS. The third-order valence-corrected chi connectivity index (χ3v) is 4.65. The van der Waals surface area contributed by atoms with E-state index in [1.165, 1.54) is 11.1 Å². The normalized spacial score (nSPS) is 11.4. The van der Waals surface area contributed by atoms with E-state index in [-0.39, 0.29) is 0 Å². The van der Waals surface area contributed by atoms with Crippen LogP contribution < -0.4 is 15.4 Å². The van der Waals surface area contributed by atoms with Crippen LogP contribution in [0.5, 0.6) is 5.75 Å². The fourth-order valence-electron chi connectivity index (χ4n) is 2.53. The number of para-hydroxylation sites is 1. The quantitative estimate of drug-likeness (QED) is 0.431. The molecule has 0 fully saturated rings. The summed E-state index contributed by atoms with van der Waals surface area (Å²) in [4.78, 5) is 8.71. The van der Waals surface area contributed by atoms with Crippen molar-refractivity contribution >= 4 is 17.3 Å². The second-order valence-corrected chi connectivity index (χ2v) is 7.02. The molecule has 0 radical (unpaired) electrons. The zero-order chi connectivity index (χ0) is 18.1. The highest BCUT2D eigenvalue weighted by molar-refractivity contribution is 7.09. The van der Waals surface area contributed by atoms with E-state index < -0.39 is 0 Å². The van der Waals surface area contributed by atoms with Gasteiger partial charge in [0.05, 0.1) is 17.3 Å². The van der Waals surface area contributed by atoms with Crippen molar-refractivity contribution in [3.05, 3.63) is 45.4 Å². The lowest BCUT2D eigenvalue weighted by Crippen LogP contribution is -2.39. The van der Waals surface area contributed by atoms with E-state index in [0.717, 1.165) is 48.3 Å². The van der Waals surface area contributed by atoms with Gasteiger partial charge in [-0.25, -0.2) is 4.98 Å². The van der Waals surface area contributed by atoms with Crippen LogP contribution in [0.1, 0.15) is 28.2 Å². The van der Waals surface area contributed by atoms with Crippen molar-refractivity contribution in [3.8, 4) is 5.75 Å². The van der Waals surface area contributed by atoms with E-state index in [2.05, 4.69) is 58.0 Å². The Labute approximate surface area is 154 Å². The molecule has 0 aliphatic rings. The Morgan fingerprint density at radius 1 is 1.16 bits per heavy atom. The smallest absolute Gasteiger partial charge is 0.190 e. The number of aryl methyl sites for hydroxylation is 3. The zero-order valence-electron chi connectivity index (χ0n) is 15.6. The summed E-state index contributed by atoms with van der Waals surface area (Å²) in [6.45, 7) is 8.52. The minimum Gasteiger partial charge on any atom is -0.493 e. The molecule has 1 aromatic heterocycles. The van der Waals surface area contributed by atoms with E-state index >= 15 is 0 Å². The number of benzene rings is 1. The minimum absolute atomic E-state index is 0.688. The summed E-state index contributed by atoms with van der Waals surface area (Å²) in [5, 5.41) is 9.86. The van der Waals surface area contributed by atoms with Crippen LogP contribution in [0.2, 0.25) is 0 Å². The summed E-state index contributed by atoms with van der Waals surface area (Å²) in [6, 6.07) is 6.22. The molecule has 0 aliphatic carbocycles. The maximum atomic E-state index is 5.92. The van der Waals surface area contributed by atoms with Crippen molar-refractivity contribution in [3.63, 3.8) is 0 Å². The van der Waals surface area contributed by atoms with Gasteiger partial charge in [-0.1, -0.05) is 18.2 Å². The first-order chi connectivity index (χ1) is 12.1. The molecule has 5 nitrogen and oxygen atoms in total. The molecular weight excluding hydrogens is 332 g/mol. The van der Waals surface area contributed by atoms with E-state index in [0.29, 0.717) is 6.61 Å². The average molecular weight is 361 g/mol. The van der Waals surface area contributed by atoms with Crippen molar-refractivity contribution < 1.29 is 4.74 Å². The molecule has 25 heavy (non-hydrogen) atoms. The van der Waals surface area contributed by atoms with E-state index in [9.17, 15) is 0 Å². The first kappa shape index (κ1) is 19.2. The molecule has 2 aromatic rings. The summed E-state index contributed by atoms with van der Waals surface area (Å²) in [6.07, 6.45) is 1.82. The van der Waals surface area contributed by atoms with Gasteiger partial charge >= 0.3 is 0 Å². The number of guanidine groups is 1. The first-order valence-corrected chi connectivity index (χ1v) is 9.52. The average Bonchev–Trinajstić information content (AvgIpc) is 3.00. The molecule has 6 heteroatoms. The molecule has 2 rings (SSSR count). The fraction of sp³-hybridized carbons (Fsp3) is 0.474. The topological polar surface area (TPSA) is 58.5 Å². The third kappa shape index (κ3) is 6.38. The second-order valence-electron chi connectivity index (χ2n) is 5.96. The lowest BCUT2D eigenvalue weighted by Gasteiger charge is -2.13. The van der Waals surface area contributed by atoms with Crippen molar-refractivity contribution in [2.75, 3.05) is 26.7 Å². The number of nitrogens with one attached hydrogen (secondary N) is 2. The number of aliphatic imine (C=N–C) groups is 1. The van der Waals surface area contributed by atoms with E-state index in [1.807, 2.05) is 6.92 Å². The second kappa shape index (κ2) is 10.0. The van der Waals surface area contributed by atoms with Gasteiger partial charge in [0.15, 0.2) is 5.96 Å². The van der Waals surface area contributed by atoms with Gasteiger partial charge in [0.1, 0.15) is 5.75 Å². The van der Waals surface area contributed by atoms with E-state index in [4.69, 9.17) is 4.74 Å². The predicted octanol–water partition coefficient (Wildman–Crippen LogP) is 3.24. The summed E-state index contributed by atoms with van der Waals surface area (Å²) in [7, 11) is 1.79. The number of thiazole rings is 1. The molecule has 0 aliphatic heterocycles. The molecule has 0 saturated heterocycles.